The van der Waals surface area contributed by atoms with Gasteiger partial charge in [0.15, 0.2) is 5.58 Å². The van der Waals surface area contributed by atoms with Crippen LogP contribution < -0.4 is 0 Å². The van der Waals surface area contributed by atoms with Crippen LogP contribution in [-0.2, 0) is 0 Å². The van der Waals surface area contributed by atoms with Gasteiger partial charge in [0.1, 0.15) is 5.58 Å². The topological polar surface area (TPSA) is 23.0 Å². The molecule has 3 heterocycles. The van der Waals surface area contributed by atoms with Crippen molar-refractivity contribution in [1.29, 1.82) is 0 Å². The zero-order valence-corrected chi connectivity index (χ0v) is 21.0. The van der Waals surface area contributed by atoms with Crippen LogP contribution in [0.25, 0.3) is 76.9 Å². The molecule has 0 aliphatic carbocycles. The van der Waals surface area contributed by atoms with Crippen molar-refractivity contribution in [1.82, 2.24) is 9.13 Å². The van der Waals surface area contributed by atoms with Crippen LogP contribution in [0.2, 0.25) is 0 Å². The van der Waals surface area contributed by atoms with E-state index in [0.29, 0.717) is 0 Å². The van der Waals surface area contributed by atoms with Crippen molar-refractivity contribution in [3.05, 3.63) is 133 Å². The van der Waals surface area contributed by atoms with Gasteiger partial charge in [-0.05, 0) is 48.5 Å². The summed E-state index contributed by atoms with van der Waals surface area (Å²) in [5.41, 5.74) is 8.79. The number of benzene rings is 6. The number of hydrogen-bond acceptors (Lipinski definition) is 1. The van der Waals surface area contributed by atoms with Crippen molar-refractivity contribution in [3.63, 3.8) is 0 Å². The van der Waals surface area contributed by atoms with Crippen molar-refractivity contribution >= 4 is 65.6 Å². The average molecular weight is 499 g/mol. The van der Waals surface area contributed by atoms with Gasteiger partial charge in [-0.1, -0.05) is 84.9 Å². The van der Waals surface area contributed by atoms with E-state index in [9.17, 15) is 0 Å². The zero-order chi connectivity index (χ0) is 25.5. The Labute approximate surface area is 223 Å². The van der Waals surface area contributed by atoms with Crippen LogP contribution in [0.5, 0.6) is 0 Å². The molecule has 0 fully saturated rings. The molecule has 39 heavy (non-hydrogen) atoms. The van der Waals surface area contributed by atoms with Crippen molar-refractivity contribution in [3.8, 4) is 11.4 Å². The minimum Gasteiger partial charge on any atom is -0.454 e. The Morgan fingerprint density at radius 1 is 0.385 bits per heavy atom. The number of nitrogens with zero attached hydrogens (tertiary/aromatic N) is 2. The van der Waals surface area contributed by atoms with Crippen molar-refractivity contribution in [2.24, 2.45) is 0 Å². The van der Waals surface area contributed by atoms with E-state index < -0.39 is 0 Å². The van der Waals surface area contributed by atoms with E-state index in [4.69, 9.17) is 4.42 Å². The first kappa shape index (κ1) is 20.7. The summed E-state index contributed by atoms with van der Waals surface area (Å²) in [5.74, 6) is 0. The predicted molar refractivity (Wildman–Crippen MR) is 162 cm³/mol. The fourth-order valence-electron chi connectivity index (χ4n) is 6.51. The maximum atomic E-state index is 6.62. The maximum Gasteiger partial charge on any atom is 0.160 e. The highest BCUT2D eigenvalue weighted by molar-refractivity contribution is 6.29. The summed E-state index contributed by atoms with van der Waals surface area (Å²) in [5, 5.41) is 7.20. The Kier molecular flexibility index (Phi) is 4.05. The normalized spacial score (nSPS) is 12.1. The lowest BCUT2D eigenvalue weighted by molar-refractivity contribution is 0.671. The Morgan fingerprint density at radius 3 is 1.74 bits per heavy atom. The molecule has 0 aliphatic rings. The third-order valence-electron chi connectivity index (χ3n) is 8.10. The molecule has 0 spiro atoms. The molecule has 0 unspecified atom stereocenters. The van der Waals surface area contributed by atoms with Gasteiger partial charge in [0.2, 0.25) is 0 Å². The standard InChI is InChI=1S/C36H22N2O/c1-3-11-23(12-4-1)37-30-17-9-7-15-25(30)27-21-22-31-33(34(27)37)29-20-19-28-26-16-8-10-18-32(26)39-36(28)35(29)38(31)24-13-5-2-6-14-24/h1-22H. The highest BCUT2D eigenvalue weighted by Crippen LogP contribution is 2.45. The van der Waals surface area contributed by atoms with E-state index in [1.54, 1.807) is 0 Å². The molecule has 3 nitrogen and oxygen atoms in total. The second-order valence-electron chi connectivity index (χ2n) is 10.2. The minimum atomic E-state index is 0.911. The number of para-hydroxylation sites is 4. The Bertz CT molecular complexity index is 2370. The maximum absolute atomic E-state index is 6.62. The van der Waals surface area contributed by atoms with Gasteiger partial charge in [-0.15, -0.1) is 0 Å². The van der Waals surface area contributed by atoms with Crippen LogP contribution in [0.1, 0.15) is 0 Å². The van der Waals surface area contributed by atoms with Crippen LogP contribution in [0.3, 0.4) is 0 Å². The van der Waals surface area contributed by atoms with Gasteiger partial charge in [-0.3, -0.25) is 0 Å². The molecule has 0 saturated carbocycles. The van der Waals surface area contributed by atoms with Gasteiger partial charge in [0.25, 0.3) is 0 Å². The molecule has 3 aromatic heterocycles. The summed E-state index contributed by atoms with van der Waals surface area (Å²) in [6.45, 7) is 0. The second-order valence-corrected chi connectivity index (χ2v) is 10.2. The number of aromatic nitrogens is 2. The van der Waals surface area contributed by atoms with Gasteiger partial charge in [-0.25, -0.2) is 0 Å². The Morgan fingerprint density at radius 2 is 0.974 bits per heavy atom. The molecular formula is C36H22N2O. The third kappa shape index (κ3) is 2.71. The van der Waals surface area contributed by atoms with E-state index in [2.05, 4.69) is 137 Å². The lowest BCUT2D eigenvalue weighted by Gasteiger charge is -2.10. The first-order valence-electron chi connectivity index (χ1n) is 13.3. The van der Waals surface area contributed by atoms with Gasteiger partial charge >= 0.3 is 0 Å². The molecule has 0 aliphatic heterocycles. The SMILES string of the molecule is c1ccc(-n2c3ccc4c5ccccc5n(-c5ccccc5)c4c3c3ccc4c5ccccc5oc4c32)cc1. The zero-order valence-electron chi connectivity index (χ0n) is 21.0. The second kappa shape index (κ2) is 7.62. The lowest BCUT2D eigenvalue weighted by atomic mass is 10.1. The Balaban J connectivity index is 1.59. The molecule has 9 aromatic rings. The fourth-order valence-corrected chi connectivity index (χ4v) is 6.51. The van der Waals surface area contributed by atoms with E-state index in [0.717, 1.165) is 44.3 Å². The lowest BCUT2D eigenvalue weighted by Crippen LogP contribution is -1.95. The van der Waals surface area contributed by atoms with Gasteiger partial charge in [0, 0.05) is 43.7 Å². The third-order valence-corrected chi connectivity index (χ3v) is 8.10. The van der Waals surface area contributed by atoms with Crippen LogP contribution in [-0.4, -0.2) is 9.13 Å². The monoisotopic (exact) mass is 498 g/mol. The van der Waals surface area contributed by atoms with E-state index >= 15 is 0 Å². The minimum absolute atomic E-state index is 0.911. The van der Waals surface area contributed by atoms with Crippen LogP contribution in [0.15, 0.2) is 138 Å². The van der Waals surface area contributed by atoms with Crippen molar-refractivity contribution < 1.29 is 4.42 Å². The molecule has 3 heteroatoms. The van der Waals surface area contributed by atoms with Crippen molar-refractivity contribution in [2.75, 3.05) is 0 Å². The number of rotatable bonds is 2. The quantitative estimate of drug-likeness (QED) is 0.233. The average Bonchev–Trinajstić information content (AvgIpc) is 3.65. The van der Waals surface area contributed by atoms with Crippen LogP contribution in [0.4, 0.5) is 0 Å². The van der Waals surface area contributed by atoms with Gasteiger partial charge in [0.05, 0.1) is 22.1 Å². The van der Waals surface area contributed by atoms with Crippen LogP contribution >= 0.6 is 0 Å². The molecular weight excluding hydrogens is 476 g/mol. The number of hydrogen-bond donors (Lipinski definition) is 0. The first-order valence-corrected chi connectivity index (χ1v) is 13.3. The van der Waals surface area contributed by atoms with E-state index in [1.165, 1.54) is 32.6 Å². The predicted octanol–water partition coefficient (Wildman–Crippen LogP) is 9.78. The molecule has 0 radical (unpaired) electrons. The molecule has 0 saturated heterocycles. The highest BCUT2D eigenvalue weighted by Gasteiger charge is 2.23. The van der Waals surface area contributed by atoms with Gasteiger partial charge in [-0.2, -0.15) is 0 Å². The Hall–Kier alpha value is -5.28. The summed E-state index contributed by atoms with van der Waals surface area (Å²) in [6, 6.07) is 47.4. The smallest absolute Gasteiger partial charge is 0.160 e. The summed E-state index contributed by atoms with van der Waals surface area (Å²) in [7, 11) is 0. The molecule has 0 amide bonds. The first-order chi connectivity index (χ1) is 19.4. The molecule has 6 aromatic carbocycles. The molecule has 0 N–H and O–H groups in total. The van der Waals surface area contributed by atoms with Gasteiger partial charge < -0.3 is 13.6 Å². The van der Waals surface area contributed by atoms with Crippen molar-refractivity contribution in [2.45, 2.75) is 0 Å². The summed E-state index contributed by atoms with van der Waals surface area (Å²) >= 11 is 0. The molecule has 9 rings (SSSR count). The summed E-state index contributed by atoms with van der Waals surface area (Å²) < 4.78 is 11.4. The number of furan rings is 1. The number of fused-ring (bicyclic) bond motifs is 11. The van der Waals surface area contributed by atoms with Crippen LogP contribution in [0, 0.1) is 0 Å². The summed E-state index contributed by atoms with van der Waals surface area (Å²) in [4.78, 5) is 0. The molecule has 0 atom stereocenters. The van der Waals surface area contributed by atoms with E-state index in [-0.39, 0.29) is 0 Å². The summed E-state index contributed by atoms with van der Waals surface area (Å²) in [6.07, 6.45) is 0. The largest absolute Gasteiger partial charge is 0.454 e. The molecule has 182 valence electrons. The van der Waals surface area contributed by atoms with E-state index in [1.807, 2.05) is 6.07 Å². The molecule has 0 bridgehead atoms. The fraction of sp³-hybridized carbons (Fsp3) is 0. The highest BCUT2D eigenvalue weighted by atomic mass is 16.3.